The topological polar surface area (TPSA) is 101 Å². The fourth-order valence-corrected chi connectivity index (χ4v) is 3.57. The Morgan fingerprint density at radius 2 is 2.18 bits per heavy atom. The molecule has 0 bridgehead atoms. The summed E-state index contributed by atoms with van der Waals surface area (Å²) in [6, 6.07) is 3.83. The Kier molecular flexibility index (Phi) is 6.73. The lowest BCUT2D eigenvalue weighted by Gasteiger charge is -2.10. The number of nitrogens with one attached hydrogen (secondary N) is 2. The number of nitro groups is 1. The predicted molar refractivity (Wildman–Crippen MR) is 85.9 cm³/mol. The number of nitro benzene ring substituents is 1. The van der Waals surface area contributed by atoms with Crippen LogP contribution >= 0.6 is 12.4 Å². The van der Waals surface area contributed by atoms with Gasteiger partial charge in [0.15, 0.2) is 0 Å². The SMILES string of the molecule is Cc1cc(S(=O)(=O)NCCC2CCNC2)ccc1[N+](=O)[O-].Cl. The Hall–Kier alpha value is -1.22. The molecule has 9 heteroatoms. The first-order valence-corrected chi connectivity index (χ1v) is 8.34. The Labute approximate surface area is 136 Å². The van der Waals surface area contributed by atoms with Crippen molar-refractivity contribution in [3.05, 3.63) is 33.9 Å². The molecule has 1 heterocycles. The summed E-state index contributed by atoms with van der Waals surface area (Å²) in [6.07, 6.45) is 1.86. The summed E-state index contributed by atoms with van der Waals surface area (Å²) in [5, 5.41) is 14.0. The third kappa shape index (κ3) is 4.64. The maximum absolute atomic E-state index is 12.1. The van der Waals surface area contributed by atoms with Crippen LogP contribution < -0.4 is 10.0 Å². The largest absolute Gasteiger partial charge is 0.316 e. The summed E-state index contributed by atoms with van der Waals surface area (Å²) < 4.78 is 26.8. The first kappa shape index (κ1) is 18.8. The molecule has 124 valence electrons. The number of halogens is 1. The van der Waals surface area contributed by atoms with E-state index in [1.807, 2.05) is 0 Å². The van der Waals surface area contributed by atoms with Gasteiger partial charge in [-0.15, -0.1) is 12.4 Å². The summed E-state index contributed by atoms with van der Waals surface area (Å²) in [6.45, 7) is 3.82. The number of nitrogens with zero attached hydrogens (tertiary/aromatic N) is 1. The van der Waals surface area contributed by atoms with Gasteiger partial charge in [-0.25, -0.2) is 13.1 Å². The van der Waals surface area contributed by atoms with Gasteiger partial charge in [0.2, 0.25) is 10.0 Å². The molecule has 7 nitrogen and oxygen atoms in total. The molecule has 0 amide bonds. The van der Waals surface area contributed by atoms with Crippen LogP contribution in [0.3, 0.4) is 0 Å². The molecule has 0 radical (unpaired) electrons. The molecular weight excluding hydrogens is 330 g/mol. The minimum absolute atomic E-state index is 0. The maximum atomic E-state index is 12.1. The van der Waals surface area contributed by atoms with E-state index in [0.29, 0.717) is 18.0 Å². The summed E-state index contributed by atoms with van der Waals surface area (Å²) in [7, 11) is -3.61. The molecular formula is C13H20ClN3O4S. The fraction of sp³-hybridized carbons (Fsp3) is 0.538. The van der Waals surface area contributed by atoms with Crippen LogP contribution in [-0.2, 0) is 10.0 Å². The predicted octanol–water partition coefficient (Wildman–Crippen LogP) is 1.60. The Balaban J connectivity index is 0.00000242. The standard InChI is InChI=1S/C13H19N3O4S.ClH/c1-10-8-12(2-3-13(10)16(17)18)21(19,20)15-7-5-11-4-6-14-9-11;/h2-3,8,11,14-15H,4-7,9H2,1H3;1H. The van der Waals surface area contributed by atoms with Gasteiger partial charge in [0.25, 0.3) is 5.69 Å². The second-order valence-corrected chi connectivity index (χ2v) is 7.02. The van der Waals surface area contributed by atoms with Gasteiger partial charge in [-0.05, 0) is 50.9 Å². The normalized spacial score (nSPS) is 18.0. The molecule has 0 aliphatic carbocycles. The van der Waals surface area contributed by atoms with Gasteiger partial charge in [-0.1, -0.05) is 0 Å². The van der Waals surface area contributed by atoms with Crippen molar-refractivity contribution in [3.63, 3.8) is 0 Å². The highest BCUT2D eigenvalue weighted by Gasteiger charge is 2.19. The van der Waals surface area contributed by atoms with Gasteiger partial charge >= 0.3 is 0 Å². The first-order chi connectivity index (χ1) is 9.90. The van der Waals surface area contributed by atoms with E-state index in [2.05, 4.69) is 10.0 Å². The van der Waals surface area contributed by atoms with Gasteiger partial charge in [-0.2, -0.15) is 0 Å². The number of hydrogen-bond donors (Lipinski definition) is 2. The molecule has 1 aromatic rings. The molecule has 1 fully saturated rings. The van der Waals surface area contributed by atoms with Crippen LogP contribution in [0.1, 0.15) is 18.4 Å². The van der Waals surface area contributed by atoms with E-state index in [9.17, 15) is 18.5 Å². The van der Waals surface area contributed by atoms with E-state index in [1.165, 1.54) is 25.1 Å². The molecule has 1 saturated heterocycles. The highest BCUT2D eigenvalue weighted by Crippen LogP contribution is 2.21. The zero-order valence-electron chi connectivity index (χ0n) is 12.2. The van der Waals surface area contributed by atoms with E-state index in [4.69, 9.17) is 0 Å². The molecule has 22 heavy (non-hydrogen) atoms. The lowest BCUT2D eigenvalue weighted by atomic mass is 10.1. The summed E-state index contributed by atoms with van der Waals surface area (Å²) in [5.41, 5.74) is 0.258. The van der Waals surface area contributed by atoms with E-state index in [0.717, 1.165) is 25.9 Å². The fourth-order valence-electron chi connectivity index (χ4n) is 2.44. The summed E-state index contributed by atoms with van der Waals surface area (Å²) in [5.74, 6) is 0.506. The van der Waals surface area contributed by atoms with Gasteiger partial charge in [0, 0.05) is 18.2 Å². The van der Waals surface area contributed by atoms with E-state index < -0.39 is 14.9 Å². The van der Waals surface area contributed by atoms with E-state index in [1.54, 1.807) is 0 Å². The van der Waals surface area contributed by atoms with E-state index in [-0.39, 0.29) is 23.0 Å². The number of sulfonamides is 1. The minimum Gasteiger partial charge on any atom is -0.316 e. The third-order valence-corrected chi connectivity index (χ3v) is 5.14. The van der Waals surface area contributed by atoms with Gasteiger partial charge in [-0.3, -0.25) is 10.1 Å². The van der Waals surface area contributed by atoms with Crippen LogP contribution in [-0.4, -0.2) is 33.0 Å². The van der Waals surface area contributed by atoms with Crippen molar-refractivity contribution in [1.82, 2.24) is 10.0 Å². The molecule has 1 aliphatic rings. The van der Waals surface area contributed by atoms with Gasteiger partial charge < -0.3 is 5.32 Å². The van der Waals surface area contributed by atoms with E-state index >= 15 is 0 Å². The number of benzene rings is 1. The molecule has 0 aromatic heterocycles. The monoisotopic (exact) mass is 349 g/mol. The second-order valence-electron chi connectivity index (χ2n) is 5.25. The molecule has 1 aliphatic heterocycles. The van der Waals surface area contributed by atoms with Gasteiger partial charge in [0.05, 0.1) is 9.82 Å². The Morgan fingerprint density at radius 1 is 1.45 bits per heavy atom. The molecule has 0 saturated carbocycles. The zero-order valence-corrected chi connectivity index (χ0v) is 13.9. The molecule has 0 spiro atoms. The minimum atomic E-state index is -3.61. The zero-order chi connectivity index (χ0) is 15.5. The van der Waals surface area contributed by atoms with Crippen molar-refractivity contribution in [2.24, 2.45) is 5.92 Å². The van der Waals surface area contributed by atoms with Crippen molar-refractivity contribution in [1.29, 1.82) is 0 Å². The van der Waals surface area contributed by atoms with Crippen LogP contribution in [0, 0.1) is 23.0 Å². The van der Waals surface area contributed by atoms with Crippen LogP contribution in [0.25, 0.3) is 0 Å². The molecule has 2 rings (SSSR count). The van der Waals surface area contributed by atoms with Crippen molar-refractivity contribution < 1.29 is 13.3 Å². The van der Waals surface area contributed by atoms with Crippen molar-refractivity contribution >= 4 is 28.1 Å². The molecule has 2 N–H and O–H groups in total. The average molecular weight is 350 g/mol. The third-order valence-electron chi connectivity index (χ3n) is 3.68. The van der Waals surface area contributed by atoms with Crippen LogP contribution in [0.2, 0.25) is 0 Å². The Morgan fingerprint density at radius 3 is 2.73 bits per heavy atom. The lowest BCUT2D eigenvalue weighted by Crippen LogP contribution is -2.26. The summed E-state index contributed by atoms with van der Waals surface area (Å²) in [4.78, 5) is 10.3. The first-order valence-electron chi connectivity index (χ1n) is 6.85. The smallest absolute Gasteiger partial charge is 0.272 e. The highest BCUT2D eigenvalue weighted by atomic mass is 35.5. The highest BCUT2D eigenvalue weighted by molar-refractivity contribution is 7.89. The van der Waals surface area contributed by atoms with Crippen LogP contribution in [0.4, 0.5) is 5.69 Å². The number of rotatable bonds is 6. The average Bonchev–Trinajstić information content (AvgIpc) is 2.91. The molecule has 1 unspecified atom stereocenters. The van der Waals surface area contributed by atoms with Crippen LogP contribution in [0.5, 0.6) is 0 Å². The van der Waals surface area contributed by atoms with Crippen molar-refractivity contribution in [2.45, 2.75) is 24.7 Å². The Bertz CT molecular complexity index is 630. The maximum Gasteiger partial charge on any atom is 0.272 e. The summed E-state index contributed by atoms with van der Waals surface area (Å²) >= 11 is 0. The molecule has 1 aromatic carbocycles. The number of aryl methyl sites for hydroxylation is 1. The van der Waals surface area contributed by atoms with Crippen LogP contribution in [0.15, 0.2) is 23.1 Å². The second kappa shape index (κ2) is 7.87. The van der Waals surface area contributed by atoms with Gasteiger partial charge in [0.1, 0.15) is 0 Å². The number of hydrogen-bond acceptors (Lipinski definition) is 5. The lowest BCUT2D eigenvalue weighted by molar-refractivity contribution is -0.385. The van der Waals surface area contributed by atoms with Crippen molar-refractivity contribution in [2.75, 3.05) is 19.6 Å². The molecule has 1 atom stereocenters. The van der Waals surface area contributed by atoms with Crippen molar-refractivity contribution in [3.8, 4) is 0 Å². The quantitative estimate of drug-likeness (QED) is 0.600.